The van der Waals surface area contributed by atoms with Gasteiger partial charge in [0.25, 0.3) is 0 Å². The van der Waals surface area contributed by atoms with Gasteiger partial charge in [0.2, 0.25) is 5.88 Å². The molecule has 0 bridgehead atoms. The zero-order valence-electron chi connectivity index (χ0n) is 17.6. The van der Waals surface area contributed by atoms with Crippen LogP contribution in [0.1, 0.15) is 11.1 Å². The van der Waals surface area contributed by atoms with Gasteiger partial charge in [-0.15, -0.1) is 0 Å². The minimum Gasteiger partial charge on any atom is -0.485 e. The van der Waals surface area contributed by atoms with Crippen LogP contribution in [0.5, 0.6) is 17.4 Å². The topological polar surface area (TPSA) is 92.9 Å². The van der Waals surface area contributed by atoms with Crippen molar-refractivity contribution in [1.29, 1.82) is 0 Å². The molecule has 0 amide bonds. The number of halogens is 1. The highest BCUT2D eigenvalue weighted by Crippen LogP contribution is 2.44. The number of carbonyl (C=O) groups excluding carboxylic acids is 1. The first-order valence-corrected chi connectivity index (χ1v) is 10.3. The van der Waals surface area contributed by atoms with Gasteiger partial charge in [0, 0.05) is 17.2 Å². The Labute approximate surface area is 188 Å². The van der Waals surface area contributed by atoms with Crippen LogP contribution in [0.2, 0.25) is 0 Å². The van der Waals surface area contributed by atoms with Crippen molar-refractivity contribution in [3.05, 3.63) is 41.6 Å². The summed E-state index contributed by atoms with van der Waals surface area (Å²) in [5.41, 5.74) is 3.97. The van der Waals surface area contributed by atoms with E-state index in [-0.39, 0.29) is 13.2 Å². The van der Waals surface area contributed by atoms with Crippen LogP contribution in [-0.2, 0) is 4.74 Å². The second kappa shape index (κ2) is 7.87. The Morgan fingerprint density at radius 1 is 1.25 bits per heavy atom. The molecule has 0 aliphatic carbocycles. The average Bonchev–Trinajstić information content (AvgIpc) is 3.22. The summed E-state index contributed by atoms with van der Waals surface area (Å²) in [6.07, 6.45) is 1.14. The number of carbonyl (C=O) groups is 1. The molecule has 8 nitrogen and oxygen atoms in total. The summed E-state index contributed by atoms with van der Waals surface area (Å²) in [4.78, 5) is 19.9. The van der Waals surface area contributed by atoms with Crippen LogP contribution >= 0.6 is 11.6 Å². The van der Waals surface area contributed by atoms with E-state index in [0.717, 1.165) is 27.6 Å². The van der Waals surface area contributed by atoms with E-state index in [1.54, 1.807) is 13.3 Å². The monoisotopic (exact) mass is 454 g/mol. The van der Waals surface area contributed by atoms with Crippen molar-refractivity contribution in [3.8, 4) is 28.7 Å². The van der Waals surface area contributed by atoms with E-state index in [0.29, 0.717) is 34.2 Å². The smallest absolute Gasteiger partial charge is 0.403 e. The third-order valence-electron chi connectivity index (χ3n) is 5.24. The Bertz CT molecular complexity index is 1370. The summed E-state index contributed by atoms with van der Waals surface area (Å²) < 4.78 is 28.2. The maximum Gasteiger partial charge on any atom is 0.403 e. The molecule has 32 heavy (non-hydrogen) atoms. The highest BCUT2D eigenvalue weighted by molar-refractivity contribution is 6.61. The summed E-state index contributed by atoms with van der Waals surface area (Å²) in [6, 6.07) is 7.73. The molecule has 2 aromatic heterocycles. The molecule has 5 rings (SSSR count). The molecule has 0 radical (unpaired) electrons. The summed E-state index contributed by atoms with van der Waals surface area (Å²) in [6.45, 7) is 4.15. The average molecular weight is 455 g/mol. The van der Waals surface area contributed by atoms with Gasteiger partial charge in [-0.1, -0.05) is 0 Å². The fourth-order valence-electron chi connectivity index (χ4n) is 3.85. The summed E-state index contributed by atoms with van der Waals surface area (Å²) in [5.74, 6) is 2.23. The molecule has 1 aliphatic rings. The number of hydrogen-bond donors (Lipinski definition) is 0. The molecule has 2 aromatic carbocycles. The van der Waals surface area contributed by atoms with Crippen LogP contribution in [0.4, 0.5) is 4.79 Å². The van der Waals surface area contributed by atoms with Gasteiger partial charge in [-0.3, -0.25) is 0 Å². The van der Waals surface area contributed by atoms with Crippen molar-refractivity contribution in [1.82, 2.24) is 9.97 Å². The number of fused-ring (bicyclic) bond motifs is 4. The van der Waals surface area contributed by atoms with E-state index in [9.17, 15) is 4.79 Å². The van der Waals surface area contributed by atoms with Gasteiger partial charge < -0.3 is 23.4 Å². The summed E-state index contributed by atoms with van der Waals surface area (Å²) >= 11 is 5.24. The Morgan fingerprint density at radius 3 is 2.88 bits per heavy atom. The lowest BCUT2D eigenvalue weighted by Gasteiger charge is -2.26. The predicted octanol–water partition coefficient (Wildman–Crippen LogP) is 5.18. The molecule has 1 unspecified atom stereocenters. The normalized spacial score (nSPS) is 15.2. The highest BCUT2D eigenvalue weighted by Gasteiger charge is 2.27. The molecule has 4 aromatic rings. The van der Waals surface area contributed by atoms with E-state index in [1.165, 1.54) is 0 Å². The maximum absolute atomic E-state index is 10.9. The third-order valence-corrected chi connectivity index (χ3v) is 5.35. The molecule has 0 saturated heterocycles. The molecule has 1 atom stereocenters. The van der Waals surface area contributed by atoms with E-state index < -0.39 is 11.5 Å². The van der Waals surface area contributed by atoms with Gasteiger partial charge >= 0.3 is 5.43 Å². The Morgan fingerprint density at radius 2 is 2.09 bits per heavy atom. The van der Waals surface area contributed by atoms with Crippen molar-refractivity contribution in [2.45, 2.75) is 20.0 Å². The van der Waals surface area contributed by atoms with Crippen molar-refractivity contribution in [3.63, 3.8) is 0 Å². The zero-order valence-corrected chi connectivity index (χ0v) is 18.4. The van der Waals surface area contributed by atoms with Crippen molar-refractivity contribution in [2.24, 2.45) is 0 Å². The Kier molecular flexibility index (Phi) is 5.01. The largest absolute Gasteiger partial charge is 0.485 e. The van der Waals surface area contributed by atoms with Crippen LogP contribution in [0.25, 0.3) is 33.3 Å². The SMILES string of the molecule is COc1cnc2c(-c3cc4c5c(cc(C)c4o3)OC(COC(=O)Cl)CO5)cc(C)cc2n1. The van der Waals surface area contributed by atoms with E-state index >= 15 is 0 Å². The van der Waals surface area contributed by atoms with Gasteiger partial charge in [-0.2, -0.15) is 0 Å². The van der Waals surface area contributed by atoms with E-state index in [2.05, 4.69) is 9.97 Å². The first-order chi connectivity index (χ1) is 15.4. The number of aromatic nitrogens is 2. The fraction of sp³-hybridized carbons (Fsp3) is 0.261. The number of furan rings is 1. The second-order valence-corrected chi connectivity index (χ2v) is 7.87. The van der Waals surface area contributed by atoms with Crippen molar-refractivity contribution >= 4 is 39.0 Å². The molecule has 0 spiro atoms. The predicted molar refractivity (Wildman–Crippen MR) is 118 cm³/mol. The quantitative estimate of drug-likeness (QED) is 0.389. The molecule has 9 heteroatoms. The van der Waals surface area contributed by atoms with Crippen LogP contribution in [-0.4, -0.2) is 41.8 Å². The van der Waals surface area contributed by atoms with Crippen LogP contribution in [0.15, 0.2) is 34.9 Å². The lowest BCUT2D eigenvalue weighted by molar-refractivity contribution is 0.0411. The van der Waals surface area contributed by atoms with E-state index in [4.69, 9.17) is 35.0 Å². The van der Waals surface area contributed by atoms with Crippen LogP contribution < -0.4 is 14.2 Å². The van der Waals surface area contributed by atoms with Crippen LogP contribution in [0.3, 0.4) is 0 Å². The Hall–Kier alpha value is -3.52. The summed E-state index contributed by atoms with van der Waals surface area (Å²) in [7, 11) is 1.56. The van der Waals surface area contributed by atoms with Crippen molar-refractivity contribution in [2.75, 3.05) is 20.3 Å². The van der Waals surface area contributed by atoms with Crippen molar-refractivity contribution < 1.29 is 28.2 Å². The number of aryl methyl sites for hydroxylation is 2. The number of rotatable bonds is 4. The molecular formula is C23H19ClN2O6. The van der Waals surface area contributed by atoms with Gasteiger partial charge in [0.1, 0.15) is 24.6 Å². The number of benzene rings is 2. The maximum atomic E-state index is 10.9. The van der Waals surface area contributed by atoms with Gasteiger partial charge in [-0.05, 0) is 49.2 Å². The molecule has 1 aliphatic heterocycles. The number of ether oxygens (including phenoxy) is 4. The second-order valence-electron chi connectivity index (χ2n) is 7.57. The van der Waals surface area contributed by atoms with Gasteiger partial charge in [0.15, 0.2) is 17.6 Å². The molecule has 0 N–H and O–H groups in total. The number of hydrogen-bond acceptors (Lipinski definition) is 8. The minimum atomic E-state index is -0.878. The lowest BCUT2D eigenvalue weighted by atomic mass is 10.1. The molecule has 3 heterocycles. The molecular weight excluding hydrogens is 436 g/mol. The standard InChI is InChI=1S/C23H19ClN2O6/c1-11-4-14(20-16(5-11)26-19(28-3)8-25-20)17-7-15-21(32-17)12(2)6-18-22(15)29-9-13(31-18)10-30-23(24)27/h4-8,13H,9-10H2,1-3H3. The minimum absolute atomic E-state index is 0.00685. The Balaban J connectivity index is 1.59. The molecule has 164 valence electrons. The van der Waals surface area contributed by atoms with Crippen LogP contribution in [0, 0.1) is 13.8 Å². The highest BCUT2D eigenvalue weighted by atomic mass is 35.5. The summed E-state index contributed by atoms with van der Waals surface area (Å²) in [5, 5.41) is 0.791. The van der Waals surface area contributed by atoms with Gasteiger partial charge in [0.05, 0.1) is 29.7 Å². The third kappa shape index (κ3) is 3.56. The number of methoxy groups -OCH3 is 1. The van der Waals surface area contributed by atoms with Gasteiger partial charge in [-0.25, -0.2) is 14.8 Å². The molecule has 0 saturated carbocycles. The fourth-order valence-corrected chi connectivity index (χ4v) is 3.91. The zero-order chi connectivity index (χ0) is 22.4. The number of nitrogens with zero attached hydrogens (tertiary/aromatic N) is 2. The van der Waals surface area contributed by atoms with E-state index in [1.807, 2.05) is 38.1 Å². The molecule has 0 fully saturated rings. The first-order valence-electron chi connectivity index (χ1n) is 9.93. The lowest BCUT2D eigenvalue weighted by Crippen LogP contribution is -2.33. The first kappa shape index (κ1) is 20.4.